The number of hydrogen-bond acceptors (Lipinski definition) is 7. The number of hydrogen-bond donors (Lipinski definition) is 0. The molecule has 0 aromatic heterocycles. The van der Waals surface area contributed by atoms with Crippen LogP contribution in [0.5, 0.6) is 0 Å². The highest BCUT2D eigenvalue weighted by Gasteiger charge is 2.56. The summed E-state index contributed by atoms with van der Waals surface area (Å²) < 4.78 is 27.5. The van der Waals surface area contributed by atoms with Crippen LogP contribution in [0.3, 0.4) is 0 Å². The van der Waals surface area contributed by atoms with Crippen LogP contribution in [-0.4, -0.2) is 48.4 Å². The van der Waals surface area contributed by atoms with Gasteiger partial charge in [-0.2, -0.15) is 0 Å². The van der Waals surface area contributed by atoms with Gasteiger partial charge in [0.1, 0.15) is 0 Å². The Morgan fingerprint density at radius 3 is 2.10 bits per heavy atom. The fourth-order valence-electron chi connectivity index (χ4n) is 2.51. The Kier molecular flexibility index (Phi) is 4.04. The molecule has 7 nitrogen and oxygen atoms in total. The van der Waals surface area contributed by atoms with E-state index in [0.717, 1.165) is 0 Å². The van der Waals surface area contributed by atoms with Gasteiger partial charge in [0.15, 0.2) is 30.4 Å². The monoisotopic (exact) mass is 288 g/mol. The lowest BCUT2D eigenvalue weighted by molar-refractivity contribution is -0.255. The minimum atomic E-state index is -0.849. The first kappa shape index (κ1) is 15.2. The van der Waals surface area contributed by atoms with E-state index in [1.807, 2.05) is 0 Å². The van der Waals surface area contributed by atoms with E-state index in [1.54, 1.807) is 20.8 Å². The highest BCUT2D eigenvalue weighted by Crippen LogP contribution is 2.38. The minimum Gasteiger partial charge on any atom is -0.456 e. The molecule has 0 saturated carbocycles. The zero-order valence-electron chi connectivity index (χ0n) is 12.2. The van der Waals surface area contributed by atoms with Crippen LogP contribution >= 0.6 is 0 Å². The van der Waals surface area contributed by atoms with Crippen molar-refractivity contribution in [2.45, 2.75) is 71.1 Å². The molecule has 0 amide bonds. The summed E-state index contributed by atoms with van der Waals surface area (Å²) >= 11 is 0. The summed E-state index contributed by atoms with van der Waals surface area (Å²) in [5.74, 6) is -1.80. The summed E-state index contributed by atoms with van der Waals surface area (Å²) in [7, 11) is 0. The van der Waals surface area contributed by atoms with Crippen LogP contribution in [0.1, 0.15) is 34.6 Å². The van der Waals surface area contributed by atoms with E-state index < -0.39 is 48.4 Å². The number of esters is 2. The molecule has 0 aliphatic carbocycles. The van der Waals surface area contributed by atoms with Crippen molar-refractivity contribution in [2.75, 3.05) is 0 Å². The molecule has 5 atom stereocenters. The number of fused-ring (bicyclic) bond motifs is 1. The number of rotatable bonds is 2. The fraction of sp³-hybridized carbons (Fsp3) is 0.846. The number of ether oxygens (including phenoxy) is 5. The fourth-order valence-corrected chi connectivity index (χ4v) is 2.51. The first-order valence-corrected chi connectivity index (χ1v) is 6.55. The van der Waals surface area contributed by atoms with E-state index >= 15 is 0 Å². The third-order valence-corrected chi connectivity index (χ3v) is 3.15. The van der Waals surface area contributed by atoms with Crippen molar-refractivity contribution in [3.05, 3.63) is 0 Å². The Morgan fingerprint density at radius 2 is 1.55 bits per heavy atom. The van der Waals surface area contributed by atoms with Crippen molar-refractivity contribution in [1.82, 2.24) is 0 Å². The van der Waals surface area contributed by atoms with Gasteiger partial charge < -0.3 is 23.7 Å². The van der Waals surface area contributed by atoms with Gasteiger partial charge in [-0.15, -0.1) is 0 Å². The SMILES string of the molecule is CC(=O)O[C@@H]1C2OC(C)(C)O[C@H]2OC(C)[C@@H]1OC(C)=O. The Bertz CT molecular complexity index is 406. The average molecular weight is 288 g/mol. The van der Waals surface area contributed by atoms with Crippen LogP contribution in [-0.2, 0) is 33.3 Å². The van der Waals surface area contributed by atoms with Crippen molar-refractivity contribution in [3.63, 3.8) is 0 Å². The smallest absolute Gasteiger partial charge is 0.303 e. The molecule has 7 heteroatoms. The molecule has 0 bridgehead atoms. The van der Waals surface area contributed by atoms with Gasteiger partial charge in [0, 0.05) is 13.8 Å². The van der Waals surface area contributed by atoms with Crippen LogP contribution in [0.2, 0.25) is 0 Å². The molecular weight excluding hydrogens is 268 g/mol. The Balaban J connectivity index is 2.24. The third-order valence-electron chi connectivity index (χ3n) is 3.15. The summed E-state index contributed by atoms with van der Waals surface area (Å²) in [5, 5.41) is 0. The molecule has 2 heterocycles. The summed E-state index contributed by atoms with van der Waals surface area (Å²) in [5.41, 5.74) is 0. The van der Waals surface area contributed by atoms with E-state index in [0.29, 0.717) is 0 Å². The predicted molar refractivity (Wildman–Crippen MR) is 65.5 cm³/mol. The molecule has 2 aliphatic rings. The molecule has 2 rings (SSSR count). The second-order valence-corrected chi connectivity index (χ2v) is 5.46. The van der Waals surface area contributed by atoms with E-state index in [9.17, 15) is 9.59 Å². The second-order valence-electron chi connectivity index (χ2n) is 5.46. The topological polar surface area (TPSA) is 80.3 Å². The van der Waals surface area contributed by atoms with Gasteiger partial charge >= 0.3 is 11.9 Å². The van der Waals surface area contributed by atoms with Gasteiger partial charge in [0.2, 0.25) is 0 Å². The molecule has 0 N–H and O–H groups in total. The van der Waals surface area contributed by atoms with E-state index in [-0.39, 0.29) is 0 Å². The van der Waals surface area contributed by atoms with Gasteiger partial charge in [0.25, 0.3) is 0 Å². The van der Waals surface area contributed by atoms with Crippen LogP contribution in [0.25, 0.3) is 0 Å². The van der Waals surface area contributed by atoms with Crippen LogP contribution < -0.4 is 0 Å². The first-order chi connectivity index (χ1) is 9.19. The summed E-state index contributed by atoms with van der Waals surface area (Å²) in [6, 6.07) is 0. The molecule has 2 aliphatic heterocycles. The van der Waals surface area contributed by atoms with Crippen LogP contribution in [0, 0.1) is 0 Å². The zero-order valence-corrected chi connectivity index (χ0v) is 12.2. The molecule has 2 fully saturated rings. The molecule has 20 heavy (non-hydrogen) atoms. The van der Waals surface area contributed by atoms with Crippen molar-refractivity contribution in [2.24, 2.45) is 0 Å². The molecule has 0 spiro atoms. The lowest BCUT2D eigenvalue weighted by atomic mass is 9.99. The van der Waals surface area contributed by atoms with Crippen LogP contribution in [0.4, 0.5) is 0 Å². The molecule has 114 valence electrons. The van der Waals surface area contributed by atoms with E-state index in [4.69, 9.17) is 23.7 Å². The zero-order chi connectivity index (χ0) is 15.1. The van der Waals surface area contributed by atoms with Gasteiger partial charge in [-0.3, -0.25) is 9.59 Å². The largest absolute Gasteiger partial charge is 0.456 e. The molecule has 0 radical (unpaired) electrons. The molecule has 2 saturated heterocycles. The van der Waals surface area contributed by atoms with Crippen molar-refractivity contribution < 1.29 is 33.3 Å². The lowest BCUT2D eigenvalue weighted by Crippen LogP contribution is -2.58. The quantitative estimate of drug-likeness (QED) is 0.693. The summed E-state index contributed by atoms with van der Waals surface area (Å²) in [6.07, 6.45) is -3.24. The first-order valence-electron chi connectivity index (χ1n) is 6.55. The highest BCUT2D eigenvalue weighted by atomic mass is 16.8. The second kappa shape index (κ2) is 5.31. The number of carbonyl (C=O) groups excluding carboxylic acids is 2. The maximum Gasteiger partial charge on any atom is 0.303 e. The van der Waals surface area contributed by atoms with E-state index in [1.165, 1.54) is 13.8 Å². The average Bonchev–Trinajstić information content (AvgIpc) is 2.56. The highest BCUT2D eigenvalue weighted by molar-refractivity contribution is 5.67. The van der Waals surface area contributed by atoms with Gasteiger partial charge in [0.05, 0.1) is 6.10 Å². The molecular formula is C13H20O7. The summed E-state index contributed by atoms with van der Waals surface area (Å²) in [4.78, 5) is 22.5. The van der Waals surface area contributed by atoms with Gasteiger partial charge in [-0.05, 0) is 20.8 Å². The standard InChI is InChI=1S/C13H20O7/c1-6-9(17-7(2)14)10(18-8(3)15)11-12(16-6)20-13(4,5)19-11/h6,9-12H,1-5H3/t6?,9-,10-,11?,12+/m0/s1. The van der Waals surface area contributed by atoms with Crippen molar-refractivity contribution in [3.8, 4) is 0 Å². The molecule has 0 aromatic carbocycles. The minimum absolute atomic E-state index is 0.470. The Morgan fingerprint density at radius 1 is 1.00 bits per heavy atom. The third kappa shape index (κ3) is 3.11. The van der Waals surface area contributed by atoms with Crippen LogP contribution in [0.15, 0.2) is 0 Å². The van der Waals surface area contributed by atoms with Crippen molar-refractivity contribution >= 4 is 11.9 Å². The normalized spacial score (nSPS) is 39.0. The molecule has 2 unspecified atom stereocenters. The lowest BCUT2D eigenvalue weighted by Gasteiger charge is -2.39. The summed E-state index contributed by atoms with van der Waals surface area (Å²) in [6.45, 7) is 7.80. The Labute approximate surface area is 117 Å². The molecule has 0 aromatic rings. The number of carbonyl (C=O) groups is 2. The van der Waals surface area contributed by atoms with Gasteiger partial charge in [-0.1, -0.05) is 0 Å². The maximum absolute atomic E-state index is 11.3. The van der Waals surface area contributed by atoms with Gasteiger partial charge in [-0.25, -0.2) is 0 Å². The van der Waals surface area contributed by atoms with Crippen molar-refractivity contribution in [1.29, 1.82) is 0 Å². The maximum atomic E-state index is 11.3. The predicted octanol–water partition coefficient (Wildman–Crippen LogP) is 0.746. The van der Waals surface area contributed by atoms with E-state index in [2.05, 4.69) is 0 Å². The Hall–Kier alpha value is -1.18.